The summed E-state index contributed by atoms with van der Waals surface area (Å²) in [5.74, 6) is -0.759. The molecule has 1 aromatic carbocycles. The van der Waals surface area contributed by atoms with E-state index in [2.05, 4.69) is 4.98 Å². The van der Waals surface area contributed by atoms with Gasteiger partial charge >= 0.3 is 5.97 Å². The number of hydrogen-bond donors (Lipinski definition) is 0. The van der Waals surface area contributed by atoms with Crippen molar-refractivity contribution in [1.82, 2.24) is 4.98 Å². The maximum absolute atomic E-state index is 11.8. The molecule has 0 fully saturated rings. The van der Waals surface area contributed by atoms with E-state index in [4.69, 9.17) is 4.74 Å². The van der Waals surface area contributed by atoms with Gasteiger partial charge < -0.3 is 4.74 Å². The van der Waals surface area contributed by atoms with Crippen molar-refractivity contribution in [2.45, 2.75) is 13.8 Å². The molecule has 1 heterocycles. The van der Waals surface area contributed by atoms with Crippen molar-refractivity contribution in [3.05, 3.63) is 41.6 Å². The van der Waals surface area contributed by atoms with Gasteiger partial charge in [0.25, 0.3) is 0 Å². The van der Waals surface area contributed by atoms with E-state index in [9.17, 15) is 9.59 Å². The Balaban J connectivity index is 2.65. The molecule has 2 rings (SSSR count). The Bertz CT molecular complexity index is 619. The second-order valence-electron chi connectivity index (χ2n) is 3.85. The van der Waals surface area contributed by atoms with Crippen molar-refractivity contribution in [2.75, 3.05) is 6.61 Å². The third-order valence-corrected chi connectivity index (χ3v) is 2.57. The molecule has 0 aliphatic carbocycles. The Morgan fingerprint density at radius 2 is 2.00 bits per heavy atom. The van der Waals surface area contributed by atoms with Gasteiger partial charge in [0.15, 0.2) is 11.5 Å². The number of rotatable bonds is 3. The van der Waals surface area contributed by atoms with Crippen LogP contribution in [0.25, 0.3) is 10.9 Å². The van der Waals surface area contributed by atoms with Crippen LogP contribution in [0, 0.1) is 0 Å². The molecule has 18 heavy (non-hydrogen) atoms. The summed E-state index contributed by atoms with van der Waals surface area (Å²) in [6.07, 6.45) is 0. The van der Waals surface area contributed by atoms with Crippen molar-refractivity contribution in [3.8, 4) is 0 Å². The van der Waals surface area contributed by atoms with E-state index in [1.807, 2.05) is 18.2 Å². The van der Waals surface area contributed by atoms with Crippen molar-refractivity contribution in [1.29, 1.82) is 0 Å². The number of carbonyl (C=O) groups excluding carboxylic acids is 2. The molecule has 0 unspecified atom stereocenters. The molecule has 1 aromatic heterocycles. The van der Waals surface area contributed by atoms with Gasteiger partial charge in [-0.3, -0.25) is 4.79 Å². The van der Waals surface area contributed by atoms with E-state index in [0.717, 1.165) is 5.39 Å². The summed E-state index contributed by atoms with van der Waals surface area (Å²) in [4.78, 5) is 27.6. The lowest BCUT2D eigenvalue weighted by Crippen LogP contribution is -2.13. The molecule has 0 N–H and O–H groups in total. The molecule has 0 bridgehead atoms. The summed E-state index contributed by atoms with van der Waals surface area (Å²) in [7, 11) is 0. The zero-order valence-electron chi connectivity index (χ0n) is 10.3. The molecule has 0 radical (unpaired) electrons. The molecule has 2 aromatic rings. The van der Waals surface area contributed by atoms with Crippen LogP contribution in [0.1, 0.15) is 34.7 Å². The fourth-order valence-corrected chi connectivity index (χ4v) is 1.74. The van der Waals surface area contributed by atoms with Gasteiger partial charge in [0, 0.05) is 5.39 Å². The number of Topliss-reactive ketones (excluding diaryl/α,β-unsaturated/α-hetero) is 1. The van der Waals surface area contributed by atoms with Crippen LogP contribution in [-0.4, -0.2) is 23.3 Å². The molecule has 4 heteroatoms. The highest BCUT2D eigenvalue weighted by Gasteiger charge is 2.18. The van der Waals surface area contributed by atoms with Gasteiger partial charge in [-0.1, -0.05) is 18.2 Å². The number of fused-ring (bicyclic) bond motifs is 1. The third-order valence-electron chi connectivity index (χ3n) is 2.57. The molecule has 0 amide bonds. The molecule has 0 atom stereocenters. The lowest BCUT2D eigenvalue weighted by Gasteiger charge is -2.07. The van der Waals surface area contributed by atoms with E-state index < -0.39 is 5.97 Å². The van der Waals surface area contributed by atoms with Gasteiger partial charge in [-0.15, -0.1) is 0 Å². The van der Waals surface area contributed by atoms with E-state index in [0.29, 0.717) is 11.1 Å². The maximum atomic E-state index is 11.8. The number of para-hydroxylation sites is 1. The summed E-state index contributed by atoms with van der Waals surface area (Å²) in [5.41, 5.74) is 1.06. The number of benzene rings is 1. The predicted octanol–water partition coefficient (Wildman–Crippen LogP) is 2.61. The van der Waals surface area contributed by atoms with Crippen molar-refractivity contribution in [3.63, 3.8) is 0 Å². The van der Waals surface area contributed by atoms with Gasteiger partial charge in [-0.05, 0) is 26.0 Å². The summed E-state index contributed by atoms with van der Waals surface area (Å²) >= 11 is 0. The first-order chi connectivity index (χ1) is 8.63. The smallest absolute Gasteiger partial charge is 0.357 e. The van der Waals surface area contributed by atoms with E-state index >= 15 is 0 Å². The van der Waals surface area contributed by atoms with Crippen LogP contribution in [-0.2, 0) is 4.74 Å². The highest BCUT2D eigenvalue weighted by Crippen LogP contribution is 2.18. The summed E-state index contributed by atoms with van der Waals surface area (Å²) in [6.45, 7) is 3.38. The number of aromatic nitrogens is 1. The molecule has 0 spiro atoms. The predicted molar refractivity (Wildman–Crippen MR) is 67.7 cm³/mol. The Labute approximate surface area is 105 Å². The van der Waals surface area contributed by atoms with Gasteiger partial charge in [0.1, 0.15) is 0 Å². The molecule has 0 aliphatic rings. The first-order valence-electron chi connectivity index (χ1n) is 5.71. The maximum Gasteiger partial charge on any atom is 0.357 e. The van der Waals surface area contributed by atoms with Crippen LogP contribution in [0.4, 0.5) is 0 Å². The molecule has 0 saturated carbocycles. The van der Waals surface area contributed by atoms with E-state index in [1.54, 1.807) is 19.1 Å². The minimum atomic E-state index is -0.562. The van der Waals surface area contributed by atoms with Crippen LogP contribution in [0.2, 0.25) is 0 Å². The normalized spacial score (nSPS) is 10.3. The lowest BCUT2D eigenvalue weighted by molar-refractivity contribution is 0.0516. The number of ether oxygens (including phenoxy) is 1. The summed E-state index contributed by atoms with van der Waals surface area (Å²) < 4.78 is 4.91. The second kappa shape index (κ2) is 4.96. The Morgan fingerprint density at radius 1 is 1.28 bits per heavy atom. The van der Waals surface area contributed by atoms with Crippen LogP contribution in [0.5, 0.6) is 0 Å². The first kappa shape index (κ1) is 12.2. The standard InChI is InChI=1S/C14H13NO3/c1-3-18-14(17)13-11(9(2)16)8-10-6-4-5-7-12(10)15-13/h4-8H,3H2,1-2H3. The first-order valence-corrected chi connectivity index (χ1v) is 5.71. The van der Waals surface area contributed by atoms with Crippen molar-refractivity contribution in [2.24, 2.45) is 0 Å². The number of ketones is 1. The minimum Gasteiger partial charge on any atom is -0.461 e. The number of nitrogens with zero attached hydrogens (tertiary/aromatic N) is 1. The quantitative estimate of drug-likeness (QED) is 0.614. The largest absolute Gasteiger partial charge is 0.461 e. The fourth-order valence-electron chi connectivity index (χ4n) is 1.74. The average molecular weight is 243 g/mol. The molecule has 0 aliphatic heterocycles. The average Bonchev–Trinajstić information content (AvgIpc) is 2.37. The number of pyridine rings is 1. The van der Waals surface area contributed by atoms with Crippen LogP contribution >= 0.6 is 0 Å². The van der Waals surface area contributed by atoms with Crippen molar-refractivity contribution < 1.29 is 14.3 Å². The summed E-state index contributed by atoms with van der Waals surface area (Å²) in [6, 6.07) is 9.01. The van der Waals surface area contributed by atoms with Crippen LogP contribution in [0.15, 0.2) is 30.3 Å². The Kier molecular flexibility index (Phi) is 3.37. The topological polar surface area (TPSA) is 56.3 Å². The zero-order valence-corrected chi connectivity index (χ0v) is 10.3. The summed E-state index contributed by atoms with van der Waals surface area (Å²) in [5, 5.41) is 0.829. The van der Waals surface area contributed by atoms with Gasteiger partial charge in [0.2, 0.25) is 0 Å². The number of hydrogen-bond acceptors (Lipinski definition) is 4. The Hall–Kier alpha value is -2.23. The molecular formula is C14H13NO3. The van der Waals surface area contributed by atoms with E-state index in [-0.39, 0.29) is 18.1 Å². The molecule has 4 nitrogen and oxygen atoms in total. The van der Waals surface area contributed by atoms with Crippen LogP contribution < -0.4 is 0 Å². The SMILES string of the molecule is CCOC(=O)c1nc2ccccc2cc1C(C)=O. The zero-order chi connectivity index (χ0) is 13.1. The monoisotopic (exact) mass is 243 g/mol. The molecule has 92 valence electrons. The minimum absolute atomic E-state index is 0.0862. The highest BCUT2D eigenvalue weighted by molar-refractivity contribution is 6.06. The van der Waals surface area contributed by atoms with Gasteiger partial charge in [-0.25, -0.2) is 9.78 Å². The molecular weight excluding hydrogens is 230 g/mol. The number of esters is 1. The fraction of sp³-hybridized carbons (Fsp3) is 0.214. The lowest BCUT2D eigenvalue weighted by atomic mass is 10.1. The third kappa shape index (κ3) is 2.22. The van der Waals surface area contributed by atoms with Gasteiger partial charge in [-0.2, -0.15) is 0 Å². The van der Waals surface area contributed by atoms with E-state index in [1.165, 1.54) is 6.92 Å². The van der Waals surface area contributed by atoms with Crippen molar-refractivity contribution >= 4 is 22.7 Å². The Morgan fingerprint density at radius 3 is 2.67 bits per heavy atom. The van der Waals surface area contributed by atoms with Crippen LogP contribution in [0.3, 0.4) is 0 Å². The van der Waals surface area contributed by atoms with Gasteiger partial charge in [0.05, 0.1) is 17.7 Å². The molecule has 0 saturated heterocycles. The highest BCUT2D eigenvalue weighted by atomic mass is 16.5. The number of carbonyl (C=O) groups is 2. The second-order valence-corrected chi connectivity index (χ2v) is 3.85.